The van der Waals surface area contributed by atoms with Crippen LogP contribution in [0.1, 0.15) is 46.9 Å². The van der Waals surface area contributed by atoms with Gasteiger partial charge in [-0.1, -0.05) is 24.3 Å². The van der Waals surface area contributed by atoms with Crippen molar-refractivity contribution in [2.75, 3.05) is 17.8 Å². The number of para-hydroxylation sites is 1. The number of carbonyl (C=O) groups excluding carboxylic acids is 2. The Labute approximate surface area is 159 Å². The quantitative estimate of drug-likeness (QED) is 0.799. The Balaban J connectivity index is 1.86. The van der Waals surface area contributed by atoms with E-state index in [1.165, 1.54) is 31.2 Å². The zero-order valence-corrected chi connectivity index (χ0v) is 16.0. The number of benzene rings is 2. The summed E-state index contributed by atoms with van der Waals surface area (Å²) in [6.07, 6.45) is 3.03. The molecule has 1 heterocycles. The van der Waals surface area contributed by atoms with Gasteiger partial charge in [-0.15, -0.1) is 0 Å². The lowest BCUT2D eigenvalue weighted by molar-refractivity contribution is 0.0725. The van der Waals surface area contributed by atoms with Gasteiger partial charge in [0.15, 0.2) is 5.78 Å². The van der Waals surface area contributed by atoms with E-state index >= 15 is 0 Å². The minimum absolute atomic E-state index is 0.0349. The fraction of sp³-hybridized carbons (Fsp3) is 0.300. The van der Waals surface area contributed by atoms with Crippen LogP contribution in [0.4, 0.5) is 5.69 Å². The van der Waals surface area contributed by atoms with E-state index in [0.29, 0.717) is 24.2 Å². The van der Waals surface area contributed by atoms with Crippen LogP contribution in [0.3, 0.4) is 0 Å². The van der Waals surface area contributed by atoms with Gasteiger partial charge < -0.3 is 4.90 Å². The monoisotopic (exact) mass is 386 g/mol. The predicted molar refractivity (Wildman–Crippen MR) is 103 cm³/mol. The summed E-state index contributed by atoms with van der Waals surface area (Å²) in [5, 5.41) is 0. The van der Waals surface area contributed by atoms with Gasteiger partial charge in [0, 0.05) is 18.7 Å². The maximum Gasteiger partial charge on any atom is 0.261 e. The van der Waals surface area contributed by atoms with Gasteiger partial charge in [0.25, 0.3) is 15.9 Å². The predicted octanol–water partition coefficient (Wildman–Crippen LogP) is 3.32. The van der Waals surface area contributed by atoms with Crippen molar-refractivity contribution >= 4 is 27.4 Å². The van der Waals surface area contributed by atoms with Crippen LogP contribution < -0.4 is 4.72 Å². The minimum atomic E-state index is -3.87. The molecule has 142 valence electrons. The van der Waals surface area contributed by atoms with Gasteiger partial charge in [0.1, 0.15) is 0 Å². The molecule has 2 aromatic rings. The second-order valence-electron chi connectivity index (χ2n) is 6.58. The van der Waals surface area contributed by atoms with Crippen LogP contribution in [0.15, 0.2) is 53.4 Å². The second kappa shape index (κ2) is 7.92. The number of anilines is 1. The first kappa shape index (κ1) is 19.1. The summed E-state index contributed by atoms with van der Waals surface area (Å²) in [6.45, 7) is 2.79. The number of rotatable bonds is 5. The van der Waals surface area contributed by atoms with Crippen molar-refractivity contribution in [2.45, 2.75) is 31.1 Å². The van der Waals surface area contributed by atoms with Crippen LogP contribution in [0.5, 0.6) is 0 Å². The van der Waals surface area contributed by atoms with E-state index in [1.807, 2.05) is 0 Å². The minimum Gasteiger partial charge on any atom is -0.339 e. The van der Waals surface area contributed by atoms with E-state index in [2.05, 4.69) is 4.72 Å². The van der Waals surface area contributed by atoms with E-state index in [4.69, 9.17) is 0 Å². The van der Waals surface area contributed by atoms with E-state index in [1.54, 1.807) is 29.2 Å². The molecule has 0 unspecified atom stereocenters. The Kier molecular flexibility index (Phi) is 5.60. The SMILES string of the molecule is CC(=O)c1ccc(S(=O)(=O)Nc2ccccc2C(=O)N2CCCCC2)cc1. The Morgan fingerprint density at radius 1 is 0.926 bits per heavy atom. The number of amides is 1. The number of likely N-dealkylation sites (tertiary alicyclic amines) is 1. The fourth-order valence-electron chi connectivity index (χ4n) is 3.10. The lowest BCUT2D eigenvalue weighted by Gasteiger charge is -2.27. The summed E-state index contributed by atoms with van der Waals surface area (Å²) in [6, 6.07) is 12.3. The molecule has 7 heteroatoms. The molecule has 2 aromatic carbocycles. The first-order valence-corrected chi connectivity index (χ1v) is 10.4. The van der Waals surface area contributed by atoms with Crippen molar-refractivity contribution in [1.29, 1.82) is 0 Å². The summed E-state index contributed by atoms with van der Waals surface area (Å²) in [5.74, 6) is -0.302. The first-order valence-electron chi connectivity index (χ1n) is 8.90. The molecule has 0 aromatic heterocycles. The van der Waals surface area contributed by atoms with E-state index < -0.39 is 10.0 Å². The number of piperidine rings is 1. The lowest BCUT2D eigenvalue weighted by atomic mass is 10.1. The summed E-state index contributed by atoms with van der Waals surface area (Å²) < 4.78 is 27.9. The molecule has 3 rings (SSSR count). The van der Waals surface area contributed by atoms with Gasteiger partial charge in [0.2, 0.25) is 0 Å². The zero-order valence-electron chi connectivity index (χ0n) is 15.1. The highest BCUT2D eigenvalue weighted by atomic mass is 32.2. The number of ketones is 1. The van der Waals surface area contributed by atoms with Crippen molar-refractivity contribution in [3.63, 3.8) is 0 Å². The Bertz CT molecular complexity index is 946. The lowest BCUT2D eigenvalue weighted by Crippen LogP contribution is -2.36. The molecule has 1 aliphatic heterocycles. The number of carbonyl (C=O) groups is 2. The first-order chi connectivity index (χ1) is 12.9. The number of sulfonamides is 1. The van der Waals surface area contributed by atoms with Crippen LogP contribution in [0.25, 0.3) is 0 Å². The Morgan fingerprint density at radius 2 is 1.56 bits per heavy atom. The van der Waals surface area contributed by atoms with Gasteiger partial charge in [-0.2, -0.15) is 0 Å². The highest BCUT2D eigenvalue weighted by molar-refractivity contribution is 7.92. The van der Waals surface area contributed by atoms with Crippen LogP contribution in [-0.2, 0) is 10.0 Å². The molecular formula is C20H22N2O4S. The van der Waals surface area contributed by atoms with Gasteiger partial charge in [-0.3, -0.25) is 14.3 Å². The Morgan fingerprint density at radius 3 is 2.19 bits per heavy atom. The summed E-state index contributed by atoms with van der Waals surface area (Å²) >= 11 is 0. The molecule has 0 aliphatic carbocycles. The molecular weight excluding hydrogens is 364 g/mol. The van der Waals surface area contributed by atoms with Crippen molar-refractivity contribution in [3.05, 3.63) is 59.7 Å². The number of nitrogens with one attached hydrogen (secondary N) is 1. The third kappa shape index (κ3) is 4.36. The molecule has 1 aliphatic rings. The molecule has 1 fully saturated rings. The largest absolute Gasteiger partial charge is 0.339 e. The maximum absolute atomic E-state index is 12.8. The van der Waals surface area contributed by atoms with Crippen molar-refractivity contribution in [1.82, 2.24) is 4.90 Å². The highest BCUT2D eigenvalue weighted by Gasteiger charge is 2.23. The molecule has 1 amide bonds. The van der Waals surface area contributed by atoms with Crippen LogP contribution in [0.2, 0.25) is 0 Å². The van der Waals surface area contributed by atoms with Crippen molar-refractivity contribution in [3.8, 4) is 0 Å². The van der Waals surface area contributed by atoms with E-state index in [-0.39, 0.29) is 22.3 Å². The van der Waals surface area contributed by atoms with E-state index in [9.17, 15) is 18.0 Å². The number of nitrogens with zero attached hydrogens (tertiary/aromatic N) is 1. The topological polar surface area (TPSA) is 83.5 Å². The molecule has 27 heavy (non-hydrogen) atoms. The van der Waals surface area contributed by atoms with Crippen LogP contribution in [-0.4, -0.2) is 38.1 Å². The van der Waals surface area contributed by atoms with Gasteiger partial charge in [-0.05, 0) is 50.5 Å². The molecule has 6 nitrogen and oxygen atoms in total. The Hall–Kier alpha value is -2.67. The number of hydrogen-bond donors (Lipinski definition) is 1. The molecule has 0 radical (unpaired) electrons. The van der Waals surface area contributed by atoms with Crippen LogP contribution in [0, 0.1) is 0 Å². The third-order valence-corrected chi connectivity index (χ3v) is 6.00. The van der Waals surface area contributed by atoms with Gasteiger partial charge >= 0.3 is 0 Å². The average Bonchev–Trinajstić information content (AvgIpc) is 2.68. The molecule has 1 N–H and O–H groups in total. The van der Waals surface area contributed by atoms with Crippen molar-refractivity contribution in [2.24, 2.45) is 0 Å². The number of hydrogen-bond acceptors (Lipinski definition) is 4. The van der Waals surface area contributed by atoms with E-state index in [0.717, 1.165) is 19.3 Å². The summed E-state index contributed by atoms with van der Waals surface area (Å²) in [4.78, 5) is 26.0. The zero-order chi connectivity index (χ0) is 19.4. The van der Waals surface area contributed by atoms with Gasteiger partial charge in [0.05, 0.1) is 16.1 Å². The normalized spacial score (nSPS) is 14.6. The summed E-state index contributed by atoms with van der Waals surface area (Å²) in [7, 11) is -3.87. The van der Waals surface area contributed by atoms with Gasteiger partial charge in [-0.25, -0.2) is 8.42 Å². The standard InChI is InChI=1S/C20H22N2O4S/c1-15(23)16-9-11-17(12-10-16)27(25,26)21-19-8-4-3-7-18(19)20(24)22-13-5-2-6-14-22/h3-4,7-12,21H,2,5-6,13-14H2,1H3. The average molecular weight is 386 g/mol. The molecule has 1 saturated heterocycles. The molecule has 0 bridgehead atoms. The smallest absolute Gasteiger partial charge is 0.261 e. The molecule has 0 atom stereocenters. The second-order valence-corrected chi connectivity index (χ2v) is 8.27. The number of Topliss-reactive ketones (excluding diaryl/α,β-unsaturated/α-hetero) is 1. The fourth-order valence-corrected chi connectivity index (χ4v) is 4.18. The summed E-state index contributed by atoms with van der Waals surface area (Å²) in [5.41, 5.74) is 1.03. The highest BCUT2D eigenvalue weighted by Crippen LogP contribution is 2.23. The third-order valence-electron chi connectivity index (χ3n) is 4.62. The maximum atomic E-state index is 12.8. The molecule has 0 spiro atoms. The molecule has 0 saturated carbocycles. The van der Waals surface area contributed by atoms with Crippen LogP contribution >= 0.6 is 0 Å². The van der Waals surface area contributed by atoms with Crippen molar-refractivity contribution < 1.29 is 18.0 Å².